The van der Waals surface area contributed by atoms with Gasteiger partial charge < -0.3 is 5.32 Å². The Balaban J connectivity index is 2.17. The summed E-state index contributed by atoms with van der Waals surface area (Å²) in [5, 5.41) is 3.65. The van der Waals surface area contributed by atoms with Gasteiger partial charge in [-0.15, -0.1) is 0 Å². The molecule has 1 nitrogen and oxygen atoms in total. The third-order valence-electron chi connectivity index (χ3n) is 4.24. The zero-order chi connectivity index (χ0) is 10.5. The molecule has 1 aliphatic carbocycles. The number of nitrogens with one attached hydrogen (secondary N) is 1. The van der Waals surface area contributed by atoms with E-state index in [-0.39, 0.29) is 0 Å². The van der Waals surface area contributed by atoms with Gasteiger partial charge in [0.25, 0.3) is 0 Å². The van der Waals surface area contributed by atoms with E-state index in [4.69, 9.17) is 0 Å². The van der Waals surface area contributed by atoms with Crippen LogP contribution in [0.2, 0.25) is 0 Å². The first-order chi connectivity index (χ1) is 7.24. The van der Waals surface area contributed by atoms with E-state index in [1.165, 1.54) is 35.8 Å². The second-order valence-corrected chi connectivity index (χ2v) is 5.75. The summed E-state index contributed by atoms with van der Waals surface area (Å²) in [4.78, 5) is 0. The van der Waals surface area contributed by atoms with Crippen LogP contribution >= 0.6 is 15.9 Å². The largest absolute Gasteiger partial charge is 0.381 e. The van der Waals surface area contributed by atoms with Crippen molar-refractivity contribution in [3.63, 3.8) is 0 Å². The lowest BCUT2D eigenvalue weighted by Crippen LogP contribution is -2.33. The molecule has 0 amide bonds. The van der Waals surface area contributed by atoms with E-state index in [9.17, 15) is 0 Å². The van der Waals surface area contributed by atoms with Crippen molar-refractivity contribution in [2.24, 2.45) is 0 Å². The summed E-state index contributed by atoms with van der Waals surface area (Å²) >= 11 is 3.64. The highest BCUT2D eigenvalue weighted by Crippen LogP contribution is 2.52. The van der Waals surface area contributed by atoms with Crippen LogP contribution in [0, 0.1) is 0 Å². The number of benzene rings is 1. The van der Waals surface area contributed by atoms with Crippen molar-refractivity contribution in [2.45, 2.75) is 44.1 Å². The maximum atomic E-state index is 3.65. The van der Waals surface area contributed by atoms with Gasteiger partial charge in [-0.25, -0.2) is 0 Å². The van der Waals surface area contributed by atoms with Crippen LogP contribution in [0.4, 0.5) is 5.69 Å². The molecule has 1 saturated carbocycles. The molecule has 2 heteroatoms. The fraction of sp³-hybridized carbons (Fsp3) is 0.538. The fourth-order valence-corrected chi connectivity index (χ4v) is 3.86. The Morgan fingerprint density at radius 1 is 1.33 bits per heavy atom. The molecule has 1 spiro atoms. The van der Waals surface area contributed by atoms with Gasteiger partial charge in [0.1, 0.15) is 0 Å². The molecule has 1 unspecified atom stereocenters. The van der Waals surface area contributed by atoms with E-state index in [1.54, 1.807) is 5.56 Å². The summed E-state index contributed by atoms with van der Waals surface area (Å²) in [6.07, 6.45) is 5.48. The van der Waals surface area contributed by atoms with Gasteiger partial charge in [0.2, 0.25) is 0 Å². The third-order valence-corrected chi connectivity index (χ3v) is 4.90. The summed E-state index contributed by atoms with van der Waals surface area (Å²) in [7, 11) is 0. The number of halogens is 1. The van der Waals surface area contributed by atoms with Crippen molar-refractivity contribution in [3.8, 4) is 0 Å². The predicted octanol–water partition coefficient (Wildman–Crippen LogP) is 4.07. The normalized spacial score (nSPS) is 26.7. The lowest BCUT2D eigenvalue weighted by Gasteiger charge is -2.28. The average Bonchev–Trinajstić information content (AvgIpc) is 2.79. The number of fused-ring (bicyclic) bond motifs is 2. The number of anilines is 1. The highest BCUT2D eigenvalue weighted by atomic mass is 79.9. The van der Waals surface area contributed by atoms with Gasteiger partial charge in [-0.3, -0.25) is 0 Å². The molecule has 3 rings (SSSR count). The van der Waals surface area contributed by atoms with E-state index in [1.807, 2.05) is 0 Å². The molecule has 80 valence electrons. The van der Waals surface area contributed by atoms with Gasteiger partial charge in [0.15, 0.2) is 0 Å². The van der Waals surface area contributed by atoms with Gasteiger partial charge in [-0.05, 0) is 47.3 Å². The SMILES string of the molecule is CC1Nc2c(Br)cccc2C12CCCC2. The number of rotatable bonds is 0. The van der Waals surface area contributed by atoms with Gasteiger partial charge in [-0.1, -0.05) is 25.0 Å². The standard InChI is InChI=1S/C13H16BrN/c1-9-13(7-2-3-8-13)10-5-4-6-11(14)12(10)15-9/h4-6,9,15H,2-3,7-8H2,1H3. The molecule has 2 aliphatic rings. The molecule has 1 aromatic rings. The van der Waals surface area contributed by atoms with E-state index in [2.05, 4.69) is 46.4 Å². The minimum atomic E-state index is 0.430. The number of hydrogen-bond donors (Lipinski definition) is 1. The quantitative estimate of drug-likeness (QED) is 0.746. The van der Waals surface area contributed by atoms with E-state index < -0.39 is 0 Å². The molecule has 0 saturated heterocycles. The minimum absolute atomic E-state index is 0.430. The van der Waals surface area contributed by atoms with Crippen LogP contribution in [0.5, 0.6) is 0 Å². The topological polar surface area (TPSA) is 12.0 Å². The molecule has 1 heterocycles. The Bertz CT molecular complexity index is 394. The minimum Gasteiger partial charge on any atom is -0.381 e. The molecule has 0 aromatic heterocycles. The second-order valence-electron chi connectivity index (χ2n) is 4.89. The van der Waals surface area contributed by atoms with Crippen LogP contribution in [-0.4, -0.2) is 6.04 Å². The van der Waals surface area contributed by atoms with Gasteiger partial charge in [0, 0.05) is 15.9 Å². The molecule has 1 fully saturated rings. The molecular weight excluding hydrogens is 250 g/mol. The Kier molecular flexibility index (Phi) is 2.10. The number of hydrogen-bond acceptors (Lipinski definition) is 1. The molecule has 1 aliphatic heterocycles. The van der Waals surface area contributed by atoms with Crippen molar-refractivity contribution in [1.29, 1.82) is 0 Å². The van der Waals surface area contributed by atoms with Crippen molar-refractivity contribution in [3.05, 3.63) is 28.2 Å². The lowest BCUT2D eigenvalue weighted by molar-refractivity contribution is 0.411. The molecular formula is C13H16BrN. The van der Waals surface area contributed by atoms with Crippen LogP contribution < -0.4 is 5.32 Å². The van der Waals surface area contributed by atoms with Crippen LogP contribution in [0.25, 0.3) is 0 Å². The van der Waals surface area contributed by atoms with Crippen LogP contribution in [0.1, 0.15) is 38.2 Å². The van der Waals surface area contributed by atoms with E-state index in [0.29, 0.717) is 11.5 Å². The molecule has 1 aromatic carbocycles. The smallest absolute Gasteiger partial charge is 0.0526 e. The van der Waals surface area contributed by atoms with Crippen molar-refractivity contribution >= 4 is 21.6 Å². The van der Waals surface area contributed by atoms with Crippen LogP contribution in [-0.2, 0) is 5.41 Å². The van der Waals surface area contributed by atoms with Crippen molar-refractivity contribution < 1.29 is 0 Å². The molecule has 1 atom stereocenters. The van der Waals surface area contributed by atoms with Gasteiger partial charge in [-0.2, -0.15) is 0 Å². The molecule has 15 heavy (non-hydrogen) atoms. The summed E-state index contributed by atoms with van der Waals surface area (Å²) in [6, 6.07) is 7.20. The summed E-state index contributed by atoms with van der Waals surface area (Å²) in [5.74, 6) is 0. The fourth-order valence-electron chi connectivity index (χ4n) is 3.38. The first-order valence-corrected chi connectivity index (χ1v) is 6.59. The summed E-state index contributed by atoms with van der Waals surface area (Å²) in [6.45, 7) is 2.33. The Morgan fingerprint density at radius 2 is 2.07 bits per heavy atom. The highest BCUT2D eigenvalue weighted by molar-refractivity contribution is 9.10. The Labute approximate surface area is 99.4 Å². The van der Waals surface area contributed by atoms with Gasteiger partial charge in [0.05, 0.1) is 5.69 Å². The first-order valence-electron chi connectivity index (χ1n) is 5.79. The summed E-state index contributed by atoms with van der Waals surface area (Å²) < 4.78 is 1.22. The zero-order valence-electron chi connectivity index (χ0n) is 9.02. The van der Waals surface area contributed by atoms with Crippen molar-refractivity contribution in [2.75, 3.05) is 5.32 Å². The summed E-state index contributed by atoms with van der Waals surface area (Å²) in [5.41, 5.74) is 3.31. The number of para-hydroxylation sites is 1. The van der Waals surface area contributed by atoms with Crippen molar-refractivity contribution in [1.82, 2.24) is 0 Å². The first kappa shape index (κ1) is 9.71. The lowest BCUT2D eigenvalue weighted by atomic mass is 9.76. The van der Waals surface area contributed by atoms with Gasteiger partial charge >= 0.3 is 0 Å². The van der Waals surface area contributed by atoms with E-state index >= 15 is 0 Å². The monoisotopic (exact) mass is 265 g/mol. The predicted molar refractivity (Wildman–Crippen MR) is 67.4 cm³/mol. The molecule has 1 N–H and O–H groups in total. The van der Waals surface area contributed by atoms with E-state index in [0.717, 1.165) is 0 Å². The maximum absolute atomic E-state index is 3.65. The average molecular weight is 266 g/mol. The van der Waals surface area contributed by atoms with Crippen LogP contribution in [0.15, 0.2) is 22.7 Å². The maximum Gasteiger partial charge on any atom is 0.0526 e. The zero-order valence-corrected chi connectivity index (χ0v) is 10.6. The highest BCUT2D eigenvalue weighted by Gasteiger charge is 2.46. The van der Waals surface area contributed by atoms with Crippen LogP contribution in [0.3, 0.4) is 0 Å². The molecule has 0 bridgehead atoms. The Hall–Kier alpha value is -0.500. The Morgan fingerprint density at radius 3 is 2.80 bits per heavy atom. The molecule has 0 radical (unpaired) electrons. The second kappa shape index (κ2) is 3.24. The third kappa shape index (κ3) is 1.20.